The maximum atomic E-state index is 12.5. The lowest BCUT2D eigenvalue weighted by Gasteiger charge is -2.11. The number of hydrogen-bond acceptors (Lipinski definition) is 1. The fourth-order valence-electron chi connectivity index (χ4n) is 1.63. The first-order valence-electron chi connectivity index (χ1n) is 5.71. The number of halogens is 5. The summed E-state index contributed by atoms with van der Waals surface area (Å²) in [5.74, 6) is -0.553. The van der Waals surface area contributed by atoms with Crippen LogP contribution in [0.1, 0.15) is 15.9 Å². The van der Waals surface area contributed by atoms with Crippen molar-refractivity contribution in [2.75, 3.05) is 5.32 Å². The molecule has 0 radical (unpaired) electrons. The first-order chi connectivity index (χ1) is 9.79. The van der Waals surface area contributed by atoms with E-state index in [0.29, 0.717) is 0 Å². The first-order valence-corrected chi connectivity index (χ1v) is 6.47. The van der Waals surface area contributed by atoms with Crippen molar-refractivity contribution in [3.05, 3.63) is 63.6 Å². The molecule has 2 nitrogen and oxygen atoms in total. The number of alkyl halides is 3. The molecular weight excluding hydrogens is 326 g/mol. The predicted molar refractivity (Wildman–Crippen MR) is 75.9 cm³/mol. The van der Waals surface area contributed by atoms with Crippen LogP contribution in [0.25, 0.3) is 0 Å². The van der Waals surface area contributed by atoms with Gasteiger partial charge in [0.05, 0.1) is 26.9 Å². The summed E-state index contributed by atoms with van der Waals surface area (Å²) >= 11 is 11.6. The van der Waals surface area contributed by atoms with Gasteiger partial charge in [0.1, 0.15) is 0 Å². The number of carbonyl (C=O) groups excluding carboxylic acids is 1. The van der Waals surface area contributed by atoms with E-state index >= 15 is 0 Å². The SMILES string of the molecule is O=C(Nc1ccc(C(F)(F)F)cc1Cl)c1ccccc1Cl. The van der Waals surface area contributed by atoms with Gasteiger partial charge in [-0.05, 0) is 30.3 Å². The second-order valence-electron chi connectivity index (χ2n) is 4.13. The Kier molecular flexibility index (Phi) is 4.44. The van der Waals surface area contributed by atoms with Gasteiger partial charge in [0.25, 0.3) is 5.91 Å². The van der Waals surface area contributed by atoms with Gasteiger partial charge in [0.15, 0.2) is 0 Å². The fraction of sp³-hybridized carbons (Fsp3) is 0.0714. The molecule has 0 aliphatic rings. The lowest BCUT2D eigenvalue weighted by molar-refractivity contribution is -0.137. The molecule has 2 aromatic carbocycles. The Labute approximate surface area is 128 Å². The zero-order valence-corrected chi connectivity index (χ0v) is 11.9. The average molecular weight is 334 g/mol. The summed E-state index contributed by atoms with van der Waals surface area (Å²) in [6.07, 6.45) is -4.49. The second-order valence-corrected chi connectivity index (χ2v) is 4.94. The van der Waals surface area contributed by atoms with Crippen molar-refractivity contribution in [3.63, 3.8) is 0 Å². The van der Waals surface area contributed by atoms with Crippen LogP contribution in [0.4, 0.5) is 18.9 Å². The van der Waals surface area contributed by atoms with Gasteiger partial charge in [-0.25, -0.2) is 0 Å². The van der Waals surface area contributed by atoms with Gasteiger partial charge in [-0.1, -0.05) is 35.3 Å². The van der Waals surface area contributed by atoms with Crippen LogP contribution >= 0.6 is 23.2 Å². The molecular formula is C14H8Cl2F3NO. The van der Waals surface area contributed by atoms with Gasteiger partial charge >= 0.3 is 6.18 Å². The topological polar surface area (TPSA) is 29.1 Å². The van der Waals surface area contributed by atoms with Crippen LogP contribution in [0.3, 0.4) is 0 Å². The monoisotopic (exact) mass is 333 g/mol. The normalized spacial score (nSPS) is 11.3. The third-order valence-corrected chi connectivity index (χ3v) is 3.31. The Hall–Kier alpha value is -1.72. The number of benzene rings is 2. The molecule has 0 spiro atoms. The van der Waals surface area contributed by atoms with Crippen LogP contribution in [-0.4, -0.2) is 5.91 Å². The van der Waals surface area contributed by atoms with E-state index in [1.165, 1.54) is 12.1 Å². The Bertz CT molecular complexity index is 686. The third kappa shape index (κ3) is 3.68. The van der Waals surface area contributed by atoms with E-state index in [9.17, 15) is 18.0 Å². The van der Waals surface area contributed by atoms with Gasteiger partial charge in [-0.15, -0.1) is 0 Å². The van der Waals surface area contributed by atoms with Crippen LogP contribution in [0.5, 0.6) is 0 Å². The van der Waals surface area contributed by atoms with E-state index in [1.54, 1.807) is 12.1 Å². The lowest BCUT2D eigenvalue weighted by atomic mass is 10.1. The Balaban J connectivity index is 2.25. The highest BCUT2D eigenvalue weighted by atomic mass is 35.5. The number of carbonyl (C=O) groups is 1. The van der Waals surface area contributed by atoms with Crippen molar-refractivity contribution in [2.45, 2.75) is 6.18 Å². The first kappa shape index (κ1) is 15.7. The molecule has 0 bridgehead atoms. The number of hydrogen-bond donors (Lipinski definition) is 1. The van der Waals surface area contributed by atoms with E-state index in [4.69, 9.17) is 23.2 Å². The average Bonchev–Trinajstić information content (AvgIpc) is 2.40. The molecule has 0 unspecified atom stereocenters. The molecule has 0 aliphatic carbocycles. The molecule has 21 heavy (non-hydrogen) atoms. The fourth-order valence-corrected chi connectivity index (χ4v) is 2.08. The lowest BCUT2D eigenvalue weighted by Crippen LogP contribution is -2.13. The second kappa shape index (κ2) is 5.95. The van der Waals surface area contributed by atoms with Crippen molar-refractivity contribution in [1.82, 2.24) is 0 Å². The van der Waals surface area contributed by atoms with Gasteiger partial charge in [0.2, 0.25) is 0 Å². The molecule has 0 fully saturated rings. The molecule has 1 N–H and O–H groups in total. The minimum absolute atomic E-state index is 0.0783. The van der Waals surface area contributed by atoms with Crippen molar-refractivity contribution >= 4 is 34.8 Å². The van der Waals surface area contributed by atoms with E-state index in [-0.39, 0.29) is 21.3 Å². The maximum absolute atomic E-state index is 12.5. The minimum Gasteiger partial charge on any atom is -0.321 e. The molecule has 0 heterocycles. The van der Waals surface area contributed by atoms with Gasteiger partial charge < -0.3 is 5.32 Å². The van der Waals surface area contributed by atoms with Gasteiger partial charge in [-0.2, -0.15) is 13.2 Å². The number of anilines is 1. The number of nitrogens with one attached hydrogen (secondary N) is 1. The molecule has 0 aliphatic heterocycles. The Morgan fingerprint density at radius 1 is 1.00 bits per heavy atom. The smallest absolute Gasteiger partial charge is 0.321 e. The van der Waals surface area contributed by atoms with Crippen molar-refractivity contribution in [1.29, 1.82) is 0 Å². The highest BCUT2D eigenvalue weighted by Crippen LogP contribution is 2.34. The Morgan fingerprint density at radius 2 is 1.67 bits per heavy atom. The highest BCUT2D eigenvalue weighted by molar-refractivity contribution is 6.36. The zero-order chi connectivity index (χ0) is 15.6. The minimum atomic E-state index is -4.49. The van der Waals surface area contributed by atoms with Crippen LogP contribution in [0.2, 0.25) is 10.0 Å². The molecule has 0 aromatic heterocycles. The Morgan fingerprint density at radius 3 is 2.24 bits per heavy atom. The standard InChI is InChI=1S/C14H8Cl2F3NO/c15-10-4-2-1-3-9(10)13(21)20-12-6-5-8(7-11(12)16)14(17,18)19/h1-7H,(H,20,21). The van der Waals surface area contributed by atoms with Crippen molar-refractivity contribution in [2.24, 2.45) is 0 Å². The molecule has 1 amide bonds. The number of amides is 1. The summed E-state index contributed by atoms with van der Waals surface area (Å²) in [5.41, 5.74) is -0.604. The van der Waals surface area contributed by atoms with Gasteiger partial charge in [0, 0.05) is 0 Å². The highest BCUT2D eigenvalue weighted by Gasteiger charge is 2.31. The summed E-state index contributed by atoms with van der Waals surface area (Å²) in [5, 5.41) is 2.45. The van der Waals surface area contributed by atoms with Crippen molar-refractivity contribution in [3.8, 4) is 0 Å². The summed E-state index contributed by atoms with van der Waals surface area (Å²) in [6, 6.07) is 9.00. The molecule has 0 atom stereocenters. The maximum Gasteiger partial charge on any atom is 0.416 e. The van der Waals surface area contributed by atoms with E-state index < -0.39 is 17.6 Å². The van der Waals surface area contributed by atoms with E-state index in [1.807, 2.05) is 0 Å². The largest absolute Gasteiger partial charge is 0.416 e. The third-order valence-electron chi connectivity index (χ3n) is 2.66. The molecule has 2 aromatic rings. The zero-order valence-electron chi connectivity index (χ0n) is 10.3. The predicted octanol–water partition coefficient (Wildman–Crippen LogP) is 5.26. The summed E-state index contributed by atoms with van der Waals surface area (Å²) in [4.78, 5) is 12.0. The molecule has 110 valence electrons. The van der Waals surface area contributed by atoms with Crippen LogP contribution in [0, 0.1) is 0 Å². The molecule has 7 heteroatoms. The quantitative estimate of drug-likeness (QED) is 0.797. The van der Waals surface area contributed by atoms with Crippen LogP contribution in [-0.2, 0) is 6.18 Å². The molecule has 2 rings (SSSR count). The van der Waals surface area contributed by atoms with Gasteiger partial charge in [-0.3, -0.25) is 4.79 Å². The van der Waals surface area contributed by atoms with Crippen molar-refractivity contribution < 1.29 is 18.0 Å². The van der Waals surface area contributed by atoms with E-state index in [0.717, 1.165) is 18.2 Å². The van der Waals surface area contributed by atoms with Crippen LogP contribution < -0.4 is 5.32 Å². The summed E-state index contributed by atoms with van der Waals surface area (Å²) in [7, 11) is 0. The number of rotatable bonds is 2. The van der Waals surface area contributed by atoms with E-state index in [2.05, 4.69) is 5.32 Å². The molecule has 0 saturated heterocycles. The summed E-state index contributed by atoms with van der Waals surface area (Å²) in [6.45, 7) is 0. The molecule has 0 saturated carbocycles. The van der Waals surface area contributed by atoms with Crippen LogP contribution in [0.15, 0.2) is 42.5 Å². The summed E-state index contributed by atoms with van der Waals surface area (Å²) < 4.78 is 37.5.